The van der Waals surface area contributed by atoms with Crippen LogP contribution in [-0.4, -0.2) is 36.5 Å². The number of halogens is 1. The zero-order chi connectivity index (χ0) is 16.4. The zero-order valence-electron chi connectivity index (χ0n) is 13.1. The molecule has 1 aromatic carbocycles. The molecule has 0 spiro atoms. The van der Waals surface area contributed by atoms with Gasteiger partial charge >= 0.3 is 6.03 Å². The van der Waals surface area contributed by atoms with E-state index in [4.69, 9.17) is 17.3 Å². The van der Waals surface area contributed by atoms with E-state index in [0.29, 0.717) is 26.1 Å². The first-order valence-electron chi connectivity index (χ1n) is 8.08. The number of likely N-dealkylation sites (tertiary alicyclic amines) is 1. The van der Waals surface area contributed by atoms with Crippen LogP contribution >= 0.6 is 11.6 Å². The standard InChI is InChI=1S/C17H22ClN3O2/c18-14-4-2-13(3-5-14)17(7-1-8-17)11-20-16(23)21-9-6-12(10-21)15(19)22/h2-5,12H,1,6-11H2,(H2,19,22)(H,20,23)/t12-/m0/s1. The van der Waals surface area contributed by atoms with Crippen LogP contribution < -0.4 is 11.1 Å². The van der Waals surface area contributed by atoms with Gasteiger partial charge in [0.25, 0.3) is 0 Å². The van der Waals surface area contributed by atoms with E-state index in [1.54, 1.807) is 4.90 Å². The number of carbonyl (C=O) groups excluding carboxylic acids is 2. The third-order valence-corrected chi connectivity index (χ3v) is 5.48. The Balaban J connectivity index is 1.59. The number of urea groups is 1. The van der Waals surface area contributed by atoms with Crippen molar-refractivity contribution in [3.05, 3.63) is 34.9 Å². The van der Waals surface area contributed by atoms with Crippen molar-refractivity contribution in [1.29, 1.82) is 0 Å². The molecule has 1 aliphatic carbocycles. The number of nitrogens with two attached hydrogens (primary N) is 1. The SMILES string of the molecule is NC(=O)[C@H]1CCN(C(=O)NCC2(c3ccc(Cl)cc3)CCC2)C1. The van der Waals surface area contributed by atoms with Crippen molar-refractivity contribution in [3.63, 3.8) is 0 Å². The van der Waals surface area contributed by atoms with Crippen molar-refractivity contribution in [2.45, 2.75) is 31.1 Å². The second kappa shape index (κ2) is 6.40. The van der Waals surface area contributed by atoms with Crippen LogP contribution in [-0.2, 0) is 10.2 Å². The Morgan fingerprint density at radius 2 is 2.00 bits per heavy atom. The summed E-state index contributed by atoms with van der Waals surface area (Å²) in [7, 11) is 0. The van der Waals surface area contributed by atoms with E-state index in [-0.39, 0.29) is 23.3 Å². The molecule has 1 aliphatic heterocycles. The number of nitrogens with one attached hydrogen (secondary N) is 1. The van der Waals surface area contributed by atoms with Crippen molar-refractivity contribution in [2.75, 3.05) is 19.6 Å². The molecule has 0 bridgehead atoms. The average Bonchev–Trinajstić information content (AvgIpc) is 2.98. The predicted molar refractivity (Wildman–Crippen MR) is 89.3 cm³/mol. The third kappa shape index (κ3) is 3.29. The molecule has 2 aliphatic rings. The maximum absolute atomic E-state index is 12.3. The van der Waals surface area contributed by atoms with Gasteiger partial charge in [-0.1, -0.05) is 30.2 Å². The molecule has 6 heteroatoms. The lowest BCUT2D eigenvalue weighted by molar-refractivity contribution is -0.121. The van der Waals surface area contributed by atoms with E-state index in [1.165, 1.54) is 12.0 Å². The Kier molecular flexibility index (Phi) is 4.48. The molecular weight excluding hydrogens is 314 g/mol. The van der Waals surface area contributed by atoms with Crippen LogP contribution in [0, 0.1) is 5.92 Å². The summed E-state index contributed by atoms with van der Waals surface area (Å²) in [5, 5.41) is 3.77. The van der Waals surface area contributed by atoms with Crippen molar-refractivity contribution in [1.82, 2.24) is 10.2 Å². The highest BCUT2D eigenvalue weighted by molar-refractivity contribution is 6.30. The van der Waals surface area contributed by atoms with E-state index in [2.05, 4.69) is 5.32 Å². The topological polar surface area (TPSA) is 75.4 Å². The van der Waals surface area contributed by atoms with Crippen molar-refractivity contribution in [2.24, 2.45) is 11.7 Å². The minimum absolute atomic E-state index is 0.0169. The number of nitrogens with zero attached hydrogens (tertiary/aromatic N) is 1. The maximum Gasteiger partial charge on any atom is 0.317 e. The van der Waals surface area contributed by atoms with Gasteiger partial charge in [-0.05, 0) is 37.0 Å². The number of rotatable bonds is 4. The molecule has 3 N–H and O–H groups in total. The minimum Gasteiger partial charge on any atom is -0.369 e. The number of hydrogen-bond acceptors (Lipinski definition) is 2. The number of primary amides is 1. The van der Waals surface area contributed by atoms with Gasteiger partial charge in [-0.25, -0.2) is 4.79 Å². The van der Waals surface area contributed by atoms with Gasteiger partial charge < -0.3 is 16.0 Å². The maximum atomic E-state index is 12.3. The molecule has 0 aromatic heterocycles. The molecule has 1 aromatic rings. The fourth-order valence-electron chi connectivity index (χ4n) is 3.51. The first kappa shape index (κ1) is 16.1. The molecule has 23 heavy (non-hydrogen) atoms. The summed E-state index contributed by atoms with van der Waals surface area (Å²) in [6.45, 7) is 1.63. The fraction of sp³-hybridized carbons (Fsp3) is 0.529. The van der Waals surface area contributed by atoms with E-state index >= 15 is 0 Å². The van der Waals surface area contributed by atoms with Gasteiger partial charge in [-0.3, -0.25) is 4.79 Å². The fourth-order valence-corrected chi connectivity index (χ4v) is 3.63. The summed E-state index contributed by atoms with van der Waals surface area (Å²) in [5.74, 6) is -0.536. The van der Waals surface area contributed by atoms with Crippen LogP contribution in [0.3, 0.4) is 0 Å². The highest BCUT2D eigenvalue weighted by atomic mass is 35.5. The average molecular weight is 336 g/mol. The van der Waals surface area contributed by atoms with Crippen LogP contribution in [0.25, 0.3) is 0 Å². The third-order valence-electron chi connectivity index (χ3n) is 5.22. The molecule has 1 saturated heterocycles. The summed E-state index contributed by atoms with van der Waals surface area (Å²) in [6.07, 6.45) is 3.97. The first-order valence-corrected chi connectivity index (χ1v) is 8.46. The molecular formula is C17H22ClN3O2. The summed E-state index contributed by atoms with van der Waals surface area (Å²) in [6, 6.07) is 7.79. The second-order valence-electron chi connectivity index (χ2n) is 6.63. The molecule has 1 atom stereocenters. The molecule has 3 amide bonds. The lowest BCUT2D eigenvalue weighted by Crippen LogP contribution is -2.49. The molecule has 1 saturated carbocycles. The van der Waals surface area contributed by atoms with Crippen LogP contribution in [0.2, 0.25) is 5.02 Å². The van der Waals surface area contributed by atoms with Crippen LogP contribution in [0.1, 0.15) is 31.2 Å². The molecule has 124 valence electrons. The van der Waals surface area contributed by atoms with Crippen LogP contribution in [0.15, 0.2) is 24.3 Å². The lowest BCUT2D eigenvalue weighted by Gasteiger charge is -2.43. The number of benzene rings is 1. The van der Waals surface area contributed by atoms with Crippen molar-refractivity contribution in [3.8, 4) is 0 Å². The Labute approximate surface area is 141 Å². The molecule has 5 nitrogen and oxygen atoms in total. The first-order chi connectivity index (χ1) is 11.0. The molecule has 2 fully saturated rings. The summed E-state index contributed by atoms with van der Waals surface area (Å²) >= 11 is 5.96. The van der Waals surface area contributed by atoms with Gasteiger partial charge in [0.05, 0.1) is 5.92 Å². The number of amides is 3. The minimum atomic E-state index is -0.322. The van der Waals surface area contributed by atoms with Crippen LogP contribution in [0.4, 0.5) is 4.79 Å². The smallest absolute Gasteiger partial charge is 0.317 e. The van der Waals surface area contributed by atoms with E-state index in [9.17, 15) is 9.59 Å². The van der Waals surface area contributed by atoms with Gasteiger partial charge in [0.1, 0.15) is 0 Å². The van der Waals surface area contributed by atoms with Gasteiger partial charge in [0, 0.05) is 30.1 Å². The molecule has 0 unspecified atom stereocenters. The van der Waals surface area contributed by atoms with E-state index < -0.39 is 0 Å². The Morgan fingerprint density at radius 1 is 1.30 bits per heavy atom. The number of carbonyl (C=O) groups is 2. The van der Waals surface area contributed by atoms with Gasteiger partial charge in [0.15, 0.2) is 0 Å². The lowest BCUT2D eigenvalue weighted by atomic mass is 9.64. The second-order valence-corrected chi connectivity index (χ2v) is 7.07. The zero-order valence-corrected chi connectivity index (χ0v) is 13.8. The van der Waals surface area contributed by atoms with Crippen LogP contribution in [0.5, 0.6) is 0 Å². The van der Waals surface area contributed by atoms with E-state index in [0.717, 1.165) is 17.9 Å². The monoisotopic (exact) mass is 335 g/mol. The molecule has 0 radical (unpaired) electrons. The quantitative estimate of drug-likeness (QED) is 0.885. The van der Waals surface area contributed by atoms with Gasteiger partial charge in [0.2, 0.25) is 5.91 Å². The number of hydrogen-bond donors (Lipinski definition) is 2. The molecule has 3 rings (SSSR count). The van der Waals surface area contributed by atoms with E-state index in [1.807, 2.05) is 24.3 Å². The normalized spacial score (nSPS) is 22.5. The Hall–Kier alpha value is -1.75. The highest BCUT2D eigenvalue weighted by Gasteiger charge is 2.39. The largest absolute Gasteiger partial charge is 0.369 e. The molecule has 1 heterocycles. The summed E-state index contributed by atoms with van der Waals surface area (Å²) < 4.78 is 0. The van der Waals surface area contributed by atoms with Gasteiger partial charge in [-0.15, -0.1) is 0 Å². The Bertz CT molecular complexity index is 598. The van der Waals surface area contributed by atoms with Crippen molar-refractivity contribution < 1.29 is 9.59 Å². The van der Waals surface area contributed by atoms with Gasteiger partial charge in [-0.2, -0.15) is 0 Å². The summed E-state index contributed by atoms with van der Waals surface area (Å²) in [5.41, 5.74) is 6.56. The highest BCUT2D eigenvalue weighted by Crippen LogP contribution is 2.43. The Morgan fingerprint density at radius 3 is 2.52 bits per heavy atom. The predicted octanol–water partition coefficient (Wildman–Crippen LogP) is 2.28. The summed E-state index contributed by atoms with van der Waals surface area (Å²) in [4.78, 5) is 25.2. The van der Waals surface area contributed by atoms with Crippen molar-refractivity contribution >= 4 is 23.5 Å².